The highest BCUT2D eigenvalue weighted by Crippen LogP contribution is 2.08. The summed E-state index contributed by atoms with van der Waals surface area (Å²) in [6.45, 7) is 3.74. The molecule has 0 spiro atoms. The second-order valence-corrected chi connectivity index (χ2v) is 5.14. The molecule has 1 aromatic rings. The molecule has 0 heterocycles. The van der Waals surface area contributed by atoms with Crippen molar-refractivity contribution in [2.24, 2.45) is 11.7 Å². The van der Waals surface area contributed by atoms with Crippen molar-refractivity contribution >= 4 is 11.9 Å². The minimum absolute atomic E-state index is 0.0368. The largest absolute Gasteiger partial charge is 0.480 e. The quantitative estimate of drug-likeness (QED) is 0.707. The van der Waals surface area contributed by atoms with Crippen molar-refractivity contribution in [3.8, 4) is 0 Å². The molecular formula is C15H21FN2O3. The minimum Gasteiger partial charge on any atom is -0.480 e. The lowest BCUT2D eigenvalue weighted by Gasteiger charge is -2.21. The lowest BCUT2D eigenvalue weighted by molar-refractivity contribution is -0.142. The van der Waals surface area contributed by atoms with E-state index in [-0.39, 0.29) is 12.3 Å². The molecule has 0 aliphatic heterocycles. The number of carbonyl (C=O) groups is 2. The van der Waals surface area contributed by atoms with E-state index in [2.05, 4.69) is 5.32 Å². The van der Waals surface area contributed by atoms with Crippen LogP contribution in [0.1, 0.15) is 25.8 Å². The zero-order valence-electron chi connectivity index (χ0n) is 12.2. The van der Waals surface area contributed by atoms with Crippen LogP contribution in [0.2, 0.25) is 0 Å². The van der Waals surface area contributed by atoms with Gasteiger partial charge in [-0.15, -0.1) is 0 Å². The van der Waals surface area contributed by atoms with Gasteiger partial charge in [0.15, 0.2) is 0 Å². The van der Waals surface area contributed by atoms with Crippen LogP contribution in [0.25, 0.3) is 0 Å². The van der Waals surface area contributed by atoms with Crippen LogP contribution in [0.15, 0.2) is 24.3 Å². The van der Waals surface area contributed by atoms with E-state index >= 15 is 0 Å². The molecular weight excluding hydrogens is 275 g/mol. The molecule has 21 heavy (non-hydrogen) atoms. The number of rotatable bonds is 7. The Balaban J connectivity index is 2.72. The lowest BCUT2D eigenvalue weighted by atomic mass is 9.98. The zero-order valence-corrected chi connectivity index (χ0v) is 12.2. The first-order valence-electron chi connectivity index (χ1n) is 6.88. The van der Waals surface area contributed by atoms with Crippen molar-refractivity contribution in [3.05, 3.63) is 35.6 Å². The van der Waals surface area contributed by atoms with E-state index in [0.29, 0.717) is 5.56 Å². The highest BCUT2D eigenvalue weighted by atomic mass is 19.1. The van der Waals surface area contributed by atoms with Crippen LogP contribution in [-0.2, 0) is 16.0 Å². The summed E-state index contributed by atoms with van der Waals surface area (Å²) < 4.78 is 12.8. The van der Waals surface area contributed by atoms with E-state index in [0.717, 1.165) is 6.42 Å². The number of halogens is 1. The van der Waals surface area contributed by atoms with Crippen molar-refractivity contribution in [1.82, 2.24) is 5.32 Å². The Bertz CT molecular complexity index is 490. The van der Waals surface area contributed by atoms with E-state index in [4.69, 9.17) is 5.73 Å². The van der Waals surface area contributed by atoms with Gasteiger partial charge in [-0.2, -0.15) is 0 Å². The summed E-state index contributed by atoms with van der Waals surface area (Å²) in [6, 6.07) is 3.66. The molecule has 0 aromatic heterocycles. The van der Waals surface area contributed by atoms with Gasteiger partial charge in [-0.1, -0.05) is 32.4 Å². The molecule has 1 amide bonds. The number of aliphatic carboxylic acids is 1. The summed E-state index contributed by atoms with van der Waals surface area (Å²) in [5.41, 5.74) is 6.40. The van der Waals surface area contributed by atoms with Gasteiger partial charge in [0, 0.05) is 6.42 Å². The first-order valence-corrected chi connectivity index (χ1v) is 6.88. The summed E-state index contributed by atoms with van der Waals surface area (Å²) in [4.78, 5) is 23.2. The molecule has 1 unspecified atom stereocenters. The number of hydrogen-bond acceptors (Lipinski definition) is 3. The summed E-state index contributed by atoms with van der Waals surface area (Å²) in [6.07, 6.45) is 0.804. The fourth-order valence-electron chi connectivity index (χ4n) is 1.84. The molecule has 0 aliphatic carbocycles. The Labute approximate surface area is 123 Å². The smallest absolute Gasteiger partial charge is 0.326 e. The van der Waals surface area contributed by atoms with Crippen LogP contribution >= 0.6 is 0 Å². The van der Waals surface area contributed by atoms with Gasteiger partial charge in [-0.3, -0.25) is 4.79 Å². The molecule has 0 radical (unpaired) electrons. The first-order chi connectivity index (χ1) is 9.85. The summed E-state index contributed by atoms with van der Waals surface area (Å²) in [5, 5.41) is 11.6. The standard InChI is InChI=1S/C15H21FN2O3/c1-3-9(2)13(17)14(19)18-12(15(20)21)8-10-4-6-11(16)7-5-10/h4-7,9,12-13H,3,8,17H2,1-2H3,(H,18,19)(H,20,21)/t9-,12?,13-/m0/s1. The third kappa shape index (κ3) is 5.15. The molecule has 1 aromatic carbocycles. The summed E-state index contributed by atoms with van der Waals surface area (Å²) in [7, 11) is 0. The predicted molar refractivity (Wildman–Crippen MR) is 77.1 cm³/mol. The second-order valence-electron chi connectivity index (χ2n) is 5.14. The highest BCUT2D eigenvalue weighted by molar-refractivity contribution is 5.87. The highest BCUT2D eigenvalue weighted by Gasteiger charge is 2.25. The molecule has 116 valence electrons. The Morgan fingerprint density at radius 2 is 1.90 bits per heavy atom. The third-order valence-corrected chi connectivity index (χ3v) is 3.53. The monoisotopic (exact) mass is 296 g/mol. The van der Waals surface area contributed by atoms with E-state index in [1.807, 2.05) is 13.8 Å². The van der Waals surface area contributed by atoms with Gasteiger partial charge < -0.3 is 16.2 Å². The molecule has 0 saturated heterocycles. The van der Waals surface area contributed by atoms with Gasteiger partial charge in [0.2, 0.25) is 5.91 Å². The fourth-order valence-corrected chi connectivity index (χ4v) is 1.84. The van der Waals surface area contributed by atoms with Crippen molar-refractivity contribution < 1.29 is 19.1 Å². The van der Waals surface area contributed by atoms with E-state index in [1.165, 1.54) is 24.3 Å². The van der Waals surface area contributed by atoms with Gasteiger partial charge in [0.25, 0.3) is 0 Å². The van der Waals surface area contributed by atoms with Gasteiger partial charge >= 0.3 is 5.97 Å². The topological polar surface area (TPSA) is 92.4 Å². The fraction of sp³-hybridized carbons (Fsp3) is 0.467. The van der Waals surface area contributed by atoms with Crippen molar-refractivity contribution in [1.29, 1.82) is 0 Å². The maximum Gasteiger partial charge on any atom is 0.326 e. The molecule has 5 nitrogen and oxygen atoms in total. The average molecular weight is 296 g/mol. The molecule has 4 N–H and O–H groups in total. The van der Waals surface area contributed by atoms with Crippen LogP contribution in [0.5, 0.6) is 0 Å². The predicted octanol–water partition coefficient (Wildman–Crippen LogP) is 1.31. The van der Waals surface area contributed by atoms with Crippen LogP contribution in [0.4, 0.5) is 4.39 Å². The van der Waals surface area contributed by atoms with Crippen LogP contribution in [0, 0.1) is 11.7 Å². The number of carboxylic acid groups (broad SMARTS) is 1. The van der Waals surface area contributed by atoms with Gasteiger partial charge in [-0.25, -0.2) is 9.18 Å². The van der Waals surface area contributed by atoms with Gasteiger partial charge in [0.05, 0.1) is 6.04 Å². The Morgan fingerprint density at radius 3 is 2.38 bits per heavy atom. The Hall–Kier alpha value is -1.95. The van der Waals surface area contributed by atoms with Crippen LogP contribution in [0.3, 0.4) is 0 Å². The number of carbonyl (C=O) groups excluding carboxylic acids is 1. The molecule has 1 rings (SSSR count). The lowest BCUT2D eigenvalue weighted by Crippen LogP contribution is -2.51. The second kappa shape index (κ2) is 7.73. The molecule has 6 heteroatoms. The summed E-state index contributed by atoms with van der Waals surface area (Å²) in [5.74, 6) is -2.07. The molecule has 3 atom stereocenters. The molecule has 0 fully saturated rings. The van der Waals surface area contributed by atoms with Crippen LogP contribution in [-0.4, -0.2) is 29.1 Å². The number of nitrogens with one attached hydrogen (secondary N) is 1. The normalized spacial score (nSPS) is 15.0. The van der Waals surface area contributed by atoms with E-state index < -0.39 is 29.8 Å². The number of carboxylic acids is 1. The minimum atomic E-state index is -1.15. The number of amides is 1. The maximum atomic E-state index is 12.8. The zero-order chi connectivity index (χ0) is 16.0. The van der Waals surface area contributed by atoms with Gasteiger partial charge in [0.1, 0.15) is 11.9 Å². The van der Waals surface area contributed by atoms with Crippen molar-refractivity contribution in [2.75, 3.05) is 0 Å². The molecule has 0 bridgehead atoms. The van der Waals surface area contributed by atoms with Gasteiger partial charge in [-0.05, 0) is 23.6 Å². The van der Waals surface area contributed by atoms with Crippen molar-refractivity contribution in [3.63, 3.8) is 0 Å². The first kappa shape index (κ1) is 17.1. The Kier molecular flexibility index (Phi) is 6.30. The Morgan fingerprint density at radius 1 is 1.33 bits per heavy atom. The maximum absolute atomic E-state index is 12.8. The number of nitrogens with two attached hydrogens (primary N) is 1. The number of hydrogen-bond donors (Lipinski definition) is 3. The summed E-state index contributed by atoms with van der Waals surface area (Å²) >= 11 is 0. The van der Waals surface area contributed by atoms with E-state index in [9.17, 15) is 19.1 Å². The average Bonchev–Trinajstić information content (AvgIpc) is 2.46. The number of benzene rings is 1. The van der Waals surface area contributed by atoms with Crippen molar-refractivity contribution in [2.45, 2.75) is 38.8 Å². The van der Waals surface area contributed by atoms with Crippen LogP contribution < -0.4 is 11.1 Å². The third-order valence-electron chi connectivity index (χ3n) is 3.53. The molecule has 0 aliphatic rings. The molecule has 0 saturated carbocycles. The van der Waals surface area contributed by atoms with E-state index in [1.54, 1.807) is 0 Å². The SMILES string of the molecule is CC[C@H](C)[C@H](N)C(=O)NC(Cc1ccc(F)cc1)C(=O)O.